The fraction of sp³-hybridized carbons (Fsp3) is 1.00. The second-order valence-electron chi connectivity index (χ2n) is 6.13. The number of ether oxygens (including phenoxy) is 2. The van der Waals surface area contributed by atoms with Crippen LogP contribution in [0.5, 0.6) is 0 Å². The van der Waals surface area contributed by atoms with E-state index in [1.807, 2.05) is 0 Å². The zero-order chi connectivity index (χ0) is 13.5. The molecule has 0 N–H and O–H groups in total. The molecule has 2 fully saturated rings. The molecule has 2 saturated heterocycles. The monoisotopic (exact) mass is 269 g/mol. The molecule has 2 aliphatic rings. The van der Waals surface area contributed by atoms with Crippen molar-refractivity contribution in [1.82, 2.24) is 4.90 Å². The summed E-state index contributed by atoms with van der Waals surface area (Å²) in [5.74, 6) is 0. The Morgan fingerprint density at radius 3 is 2.00 bits per heavy atom. The Balaban J connectivity index is 1.67. The van der Waals surface area contributed by atoms with Gasteiger partial charge in [-0.3, -0.25) is 4.90 Å². The van der Waals surface area contributed by atoms with Gasteiger partial charge in [0.1, 0.15) is 0 Å². The van der Waals surface area contributed by atoms with E-state index in [0.717, 1.165) is 32.3 Å². The minimum absolute atomic E-state index is 0.507. The van der Waals surface area contributed by atoms with Crippen molar-refractivity contribution >= 4 is 0 Å². The van der Waals surface area contributed by atoms with Crippen LogP contribution >= 0.6 is 0 Å². The third kappa shape index (κ3) is 6.24. The summed E-state index contributed by atoms with van der Waals surface area (Å²) in [6, 6.07) is 0.732. The molecular weight excluding hydrogens is 238 g/mol. The number of hydrogen-bond acceptors (Lipinski definition) is 3. The average Bonchev–Trinajstić information content (AvgIpc) is 3.29. The Morgan fingerprint density at radius 1 is 0.947 bits per heavy atom. The van der Waals surface area contributed by atoms with Gasteiger partial charge in [-0.25, -0.2) is 0 Å². The van der Waals surface area contributed by atoms with E-state index in [1.165, 1.54) is 44.9 Å². The first-order chi connectivity index (χ1) is 9.33. The highest BCUT2D eigenvalue weighted by Crippen LogP contribution is 2.22. The Kier molecular flexibility index (Phi) is 6.62. The Bertz CT molecular complexity index is 225. The van der Waals surface area contributed by atoms with E-state index < -0.39 is 0 Å². The summed E-state index contributed by atoms with van der Waals surface area (Å²) in [6.07, 6.45) is 10.5. The van der Waals surface area contributed by atoms with Crippen molar-refractivity contribution < 1.29 is 9.47 Å². The number of hydrogen-bond donors (Lipinski definition) is 0. The first-order valence-electron chi connectivity index (χ1n) is 8.30. The SMILES string of the molecule is CCCCCCCC(CC)N(CC1CO1)CC1CO1. The highest BCUT2D eigenvalue weighted by Gasteiger charge is 2.33. The molecule has 0 aliphatic carbocycles. The van der Waals surface area contributed by atoms with Crippen molar-refractivity contribution in [3.63, 3.8) is 0 Å². The maximum absolute atomic E-state index is 5.41. The third-order valence-corrected chi connectivity index (χ3v) is 4.31. The summed E-state index contributed by atoms with van der Waals surface area (Å²) in [7, 11) is 0. The van der Waals surface area contributed by atoms with Crippen LogP contribution in [0.2, 0.25) is 0 Å². The second kappa shape index (κ2) is 8.23. The summed E-state index contributed by atoms with van der Waals surface area (Å²) in [5, 5.41) is 0. The van der Waals surface area contributed by atoms with Gasteiger partial charge in [-0.1, -0.05) is 46.0 Å². The predicted molar refractivity (Wildman–Crippen MR) is 78.5 cm³/mol. The lowest BCUT2D eigenvalue weighted by molar-refractivity contribution is 0.149. The number of rotatable bonds is 12. The van der Waals surface area contributed by atoms with Gasteiger partial charge in [0.05, 0.1) is 25.4 Å². The molecule has 2 heterocycles. The molecule has 3 heteroatoms. The average molecular weight is 269 g/mol. The van der Waals surface area contributed by atoms with Gasteiger partial charge in [0, 0.05) is 19.1 Å². The minimum Gasteiger partial charge on any atom is -0.372 e. The molecule has 2 aliphatic heterocycles. The molecule has 3 nitrogen and oxygen atoms in total. The lowest BCUT2D eigenvalue weighted by Gasteiger charge is -2.30. The van der Waals surface area contributed by atoms with Gasteiger partial charge in [-0.05, 0) is 12.8 Å². The molecule has 0 saturated carbocycles. The maximum Gasteiger partial charge on any atom is 0.0936 e. The summed E-state index contributed by atoms with van der Waals surface area (Å²) in [6.45, 7) is 8.78. The van der Waals surface area contributed by atoms with Gasteiger partial charge < -0.3 is 9.47 Å². The summed E-state index contributed by atoms with van der Waals surface area (Å²) in [5.41, 5.74) is 0. The van der Waals surface area contributed by atoms with Crippen molar-refractivity contribution in [1.29, 1.82) is 0 Å². The molecule has 0 aromatic carbocycles. The smallest absolute Gasteiger partial charge is 0.0936 e. The Morgan fingerprint density at radius 2 is 1.53 bits per heavy atom. The van der Waals surface area contributed by atoms with Crippen LogP contribution in [0.25, 0.3) is 0 Å². The van der Waals surface area contributed by atoms with Gasteiger partial charge in [0.2, 0.25) is 0 Å². The highest BCUT2D eigenvalue weighted by molar-refractivity contribution is 4.84. The van der Waals surface area contributed by atoms with Crippen LogP contribution in [0.15, 0.2) is 0 Å². The maximum atomic E-state index is 5.41. The lowest BCUT2D eigenvalue weighted by atomic mass is 10.0. The van der Waals surface area contributed by atoms with Crippen LogP contribution in [-0.2, 0) is 9.47 Å². The quantitative estimate of drug-likeness (QED) is 0.402. The minimum atomic E-state index is 0.507. The van der Waals surface area contributed by atoms with Gasteiger partial charge in [-0.2, -0.15) is 0 Å². The molecule has 2 rings (SSSR count). The van der Waals surface area contributed by atoms with Crippen molar-refractivity contribution in [3.8, 4) is 0 Å². The molecule has 0 amide bonds. The zero-order valence-corrected chi connectivity index (χ0v) is 12.8. The van der Waals surface area contributed by atoms with E-state index in [0.29, 0.717) is 12.2 Å². The van der Waals surface area contributed by atoms with E-state index in [1.54, 1.807) is 0 Å². The molecule has 0 aromatic heterocycles. The molecule has 3 unspecified atom stereocenters. The van der Waals surface area contributed by atoms with E-state index in [9.17, 15) is 0 Å². The molecule has 0 aromatic rings. The molecule has 0 bridgehead atoms. The van der Waals surface area contributed by atoms with Crippen LogP contribution in [0, 0.1) is 0 Å². The highest BCUT2D eigenvalue weighted by atomic mass is 16.6. The molecular formula is C16H31NO2. The number of unbranched alkanes of at least 4 members (excludes halogenated alkanes) is 4. The first-order valence-corrected chi connectivity index (χ1v) is 8.30. The van der Waals surface area contributed by atoms with Gasteiger partial charge in [0.15, 0.2) is 0 Å². The fourth-order valence-corrected chi connectivity index (χ4v) is 2.87. The molecule has 0 radical (unpaired) electrons. The van der Waals surface area contributed by atoms with Crippen LogP contribution < -0.4 is 0 Å². The van der Waals surface area contributed by atoms with Crippen LogP contribution in [-0.4, -0.2) is 49.5 Å². The molecule has 3 atom stereocenters. The fourth-order valence-electron chi connectivity index (χ4n) is 2.87. The van der Waals surface area contributed by atoms with Crippen molar-refractivity contribution in [2.75, 3.05) is 26.3 Å². The number of epoxide rings is 2. The van der Waals surface area contributed by atoms with Gasteiger partial charge >= 0.3 is 0 Å². The Labute approximate surface area is 118 Å². The second-order valence-corrected chi connectivity index (χ2v) is 6.13. The van der Waals surface area contributed by atoms with Crippen molar-refractivity contribution in [3.05, 3.63) is 0 Å². The van der Waals surface area contributed by atoms with Gasteiger partial charge in [-0.15, -0.1) is 0 Å². The van der Waals surface area contributed by atoms with E-state index >= 15 is 0 Å². The predicted octanol–water partition coefficient (Wildman–Crippen LogP) is 3.23. The summed E-state index contributed by atoms with van der Waals surface area (Å²) < 4.78 is 10.8. The lowest BCUT2D eigenvalue weighted by Crippen LogP contribution is -2.40. The third-order valence-electron chi connectivity index (χ3n) is 4.31. The largest absolute Gasteiger partial charge is 0.372 e. The summed E-state index contributed by atoms with van der Waals surface area (Å²) >= 11 is 0. The molecule has 0 spiro atoms. The van der Waals surface area contributed by atoms with Crippen molar-refractivity contribution in [2.24, 2.45) is 0 Å². The molecule has 19 heavy (non-hydrogen) atoms. The van der Waals surface area contributed by atoms with E-state index in [2.05, 4.69) is 18.7 Å². The van der Waals surface area contributed by atoms with Gasteiger partial charge in [0.25, 0.3) is 0 Å². The Hall–Kier alpha value is -0.120. The standard InChI is InChI=1S/C16H31NO2/c1-3-5-6-7-8-9-14(4-2)17(10-15-12-18-15)11-16-13-19-16/h14-16H,3-13H2,1-2H3. The number of nitrogens with zero attached hydrogens (tertiary/aromatic N) is 1. The normalized spacial score (nSPS) is 26.7. The topological polar surface area (TPSA) is 28.3 Å². The summed E-state index contributed by atoms with van der Waals surface area (Å²) in [4.78, 5) is 2.63. The van der Waals surface area contributed by atoms with E-state index in [4.69, 9.17) is 9.47 Å². The zero-order valence-electron chi connectivity index (χ0n) is 12.8. The van der Waals surface area contributed by atoms with E-state index in [-0.39, 0.29) is 0 Å². The first kappa shape index (κ1) is 15.3. The van der Waals surface area contributed by atoms with Crippen LogP contribution in [0.3, 0.4) is 0 Å². The van der Waals surface area contributed by atoms with Crippen LogP contribution in [0.1, 0.15) is 58.8 Å². The van der Waals surface area contributed by atoms with Crippen LogP contribution in [0.4, 0.5) is 0 Å². The molecule has 112 valence electrons. The van der Waals surface area contributed by atoms with Crippen molar-refractivity contribution in [2.45, 2.75) is 77.0 Å².